The Labute approximate surface area is 194 Å². The fourth-order valence-corrected chi connectivity index (χ4v) is 3.20. The molecule has 1 aromatic carbocycles. The molecule has 0 bridgehead atoms. The number of nitrogens with two attached hydrogens (primary N) is 1. The van der Waals surface area contributed by atoms with Gasteiger partial charge in [-0.05, 0) is 17.7 Å². The molecule has 0 radical (unpaired) electrons. The summed E-state index contributed by atoms with van der Waals surface area (Å²) < 4.78 is 47.4. The predicted octanol–water partition coefficient (Wildman–Crippen LogP) is -6.21. The Morgan fingerprint density at radius 1 is 1.15 bits per heavy atom. The number of anilines is 1. The predicted molar refractivity (Wildman–Crippen MR) is 98.4 cm³/mol. The normalized spacial score (nSPS) is 22.4. The number of nitrogen functional groups attached to an aromatic ring is 1. The lowest BCUT2D eigenvalue weighted by molar-refractivity contribution is -2.00. The Kier molecular flexibility index (Phi) is 8.03. The van der Waals surface area contributed by atoms with Crippen molar-refractivity contribution in [2.24, 2.45) is 0 Å². The number of hydrogen-bond acceptors (Lipinski definition) is 13. The van der Waals surface area contributed by atoms with Crippen molar-refractivity contribution in [3.05, 3.63) is 42.5 Å². The zero-order valence-corrected chi connectivity index (χ0v) is 18.4. The molecule has 2 aromatic heterocycles. The molecule has 1 aliphatic rings. The number of methoxy groups -OCH3 is 1. The molecule has 1 fully saturated rings. The number of nitrogens with zero attached hydrogens (tertiary/aromatic N) is 4. The van der Waals surface area contributed by atoms with Crippen LogP contribution in [0.1, 0.15) is 11.8 Å². The Bertz CT molecular complexity index is 1090. The van der Waals surface area contributed by atoms with E-state index in [1.807, 2.05) is 24.3 Å². The Morgan fingerprint density at radius 2 is 1.79 bits per heavy atom. The third-order valence-electron chi connectivity index (χ3n) is 4.85. The molecule has 3 heterocycles. The van der Waals surface area contributed by atoms with Gasteiger partial charge in [-0.25, -0.2) is 23.6 Å². The van der Waals surface area contributed by atoms with Crippen molar-refractivity contribution >= 4 is 17.0 Å². The van der Waals surface area contributed by atoms with E-state index >= 15 is 0 Å². The Hall–Kier alpha value is -2.86. The molecule has 186 valence electrons. The van der Waals surface area contributed by atoms with Crippen LogP contribution >= 0.6 is 0 Å². The van der Waals surface area contributed by atoms with Gasteiger partial charge in [0.25, 0.3) is 12.1 Å². The summed E-state index contributed by atoms with van der Waals surface area (Å²) in [6.07, 6.45) is -1.52. The van der Waals surface area contributed by atoms with Crippen molar-refractivity contribution in [3.8, 4) is 5.75 Å². The zero-order chi connectivity index (χ0) is 25.0. The van der Waals surface area contributed by atoms with Crippen molar-refractivity contribution in [2.45, 2.75) is 31.1 Å². The largest absolute Gasteiger partial charge is 0.497 e. The Morgan fingerprint density at radius 3 is 2.35 bits per heavy atom. The molecule has 4 rings (SSSR count). The number of fused-ring (bicyclic) bond motifs is 1. The zero-order valence-electron chi connectivity index (χ0n) is 17.6. The van der Waals surface area contributed by atoms with Crippen molar-refractivity contribution < 1.29 is 63.2 Å². The van der Waals surface area contributed by atoms with E-state index in [2.05, 4.69) is 9.97 Å². The molecule has 0 amide bonds. The third-order valence-corrected chi connectivity index (χ3v) is 4.85. The van der Waals surface area contributed by atoms with Crippen LogP contribution in [0.3, 0.4) is 0 Å². The van der Waals surface area contributed by atoms with Gasteiger partial charge in [-0.2, -0.15) is 0 Å². The molecular formula is C18H22ClN5O10. The van der Waals surface area contributed by atoms with E-state index in [0.29, 0.717) is 11.2 Å². The number of aromatic nitrogens is 4. The lowest BCUT2D eigenvalue weighted by Crippen LogP contribution is -2.68. The first-order chi connectivity index (χ1) is 16.0. The number of aliphatic hydroxyl groups is 3. The second kappa shape index (κ2) is 10.6. The first-order valence-corrected chi connectivity index (χ1v) is 10.8. The number of aliphatic hydroxyl groups excluding tert-OH is 3. The van der Waals surface area contributed by atoms with Gasteiger partial charge in [-0.15, -0.1) is 10.2 Å². The molecule has 0 spiro atoms. The van der Waals surface area contributed by atoms with E-state index < -0.39 is 41.4 Å². The van der Waals surface area contributed by atoms with Crippen LogP contribution in [-0.2, 0) is 11.3 Å². The molecule has 1 saturated heterocycles. The van der Waals surface area contributed by atoms with Gasteiger partial charge in [-0.3, -0.25) is 4.57 Å². The third kappa shape index (κ3) is 5.98. The van der Waals surface area contributed by atoms with Crippen molar-refractivity contribution in [1.29, 1.82) is 0 Å². The van der Waals surface area contributed by atoms with Gasteiger partial charge in [0.05, 0.1) is 13.7 Å². The summed E-state index contributed by atoms with van der Waals surface area (Å²) in [6.45, 7) is -0.169. The van der Waals surface area contributed by atoms with Crippen LogP contribution in [0.15, 0.2) is 36.9 Å². The number of hydrogen-bond donors (Lipinski definition) is 4. The molecular weight excluding hydrogens is 482 g/mol. The van der Waals surface area contributed by atoms with Crippen LogP contribution in [-0.4, -0.2) is 61.9 Å². The van der Waals surface area contributed by atoms with Crippen molar-refractivity contribution in [2.75, 3.05) is 19.5 Å². The molecule has 15 nitrogen and oxygen atoms in total. The van der Waals surface area contributed by atoms with E-state index in [0.717, 1.165) is 11.3 Å². The van der Waals surface area contributed by atoms with E-state index in [4.69, 9.17) is 38.7 Å². The summed E-state index contributed by atoms with van der Waals surface area (Å²) in [6, 6.07) is 7.41. The van der Waals surface area contributed by atoms with Gasteiger partial charge in [0.15, 0.2) is 12.8 Å². The molecule has 0 unspecified atom stereocenters. The highest BCUT2D eigenvalue weighted by Crippen LogP contribution is 2.31. The highest BCUT2D eigenvalue weighted by Gasteiger charge is 2.44. The second-order valence-corrected chi connectivity index (χ2v) is 7.76. The average Bonchev–Trinajstić information content (AvgIpc) is 3.34. The van der Waals surface area contributed by atoms with E-state index in [1.54, 1.807) is 7.11 Å². The minimum absolute atomic E-state index is 0.217. The monoisotopic (exact) mass is 503 g/mol. The average molecular weight is 504 g/mol. The van der Waals surface area contributed by atoms with Crippen LogP contribution in [0.25, 0.3) is 11.2 Å². The number of benzene rings is 1. The summed E-state index contributed by atoms with van der Waals surface area (Å²) in [4.78, 5) is 14.2. The van der Waals surface area contributed by atoms with Crippen molar-refractivity contribution in [3.63, 3.8) is 0 Å². The molecule has 16 heteroatoms. The van der Waals surface area contributed by atoms with Crippen LogP contribution in [0.4, 0.5) is 5.82 Å². The molecule has 0 saturated carbocycles. The molecule has 34 heavy (non-hydrogen) atoms. The van der Waals surface area contributed by atoms with Gasteiger partial charge < -0.3 is 35.4 Å². The topological polar surface area (TPSA) is 241 Å². The smallest absolute Gasteiger partial charge is 0.289 e. The Balaban J connectivity index is 0.000000588. The SMILES string of the molecule is COc1ccc(CO[n+]2cnc3c(ncn3[C@@H]3O[C@H](CO)[C@@H](O)[C@H]3O)c2N)cc1.[O-][Cl+3]([O-])([O-])[O-]. The standard InChI is InChI=1S/C18H21N5O6.ClHO4/c1-27-11-4-2-10(3-5-11)7-28-23-9-21-17-13(16(23)19)20-8-22(17)18-15(26)14(25)12(6-24)29-18;2-1(3,4)5/h2-5,8-9,12,14-15,18-19,24-26H,6-7H2,1H3;(H,2,3,4,5)/t12-,14-,15-,18-;/m1./s1. The fourth-order valence-electron chi connectivity index (χ4n) is 3.20. The lowest BCUT2D eigenvalue weighted by Gasteiger charge is -2.17. The van der Waals surface area contributed by atoms with Gasteiger partial charge in [0.2, 0.25) is 11.2 Å². The summed E-state index contributed by atoms with van der Waals surface area (Å²) in [5.74, 6) is 0.966. The highest BCUT2D eigenvalue weighted by molar-refractivity contribution is 5.79. The van der Waals surface area contributed by atoms with Gasteiger partial charge in [-0.1, -0.05) is 21.8 Å². The first-order valence-electron chi connectivity index (χ1n) is 9.56. The minimum Gasteiger partial charge on any atom is -0.497 e. The molecule has 4 atom stereocenters. The first kappa shape index (κ1) is 25.8. The highest BCUT2D eigenvalue weighted by atomic mass is 35.7. The quantitative estimate of drug-likeness (QED) is 0.229. The molecule has 5 N–H and O–H groups in total. The van der Waals surface area contributed by atoms with Gasteiger partial charge >= 0.3 is 0 Å². The molecule has 0 aliphatic carbocycles. The maximum atomic E-state index is 10.2. The summed E-state index contributed by atoms with van der Waals surface area (Å²) in [7, 11) is -3.34. The van der Waals surface area contributed by atoms with Crippen LogP contribution < -0.4 is 38.7 Å². The number of rotatable bonds is 6. The summed E-state index contributed by atoms with van der Waals surface area (Å²) >= 11 is 0. The van der Waals surface area contributed by atoms with Crippen LogP contribution in [0, 0.1) is 10.2 Å². The van der Waals surface area contributed by atoms with E-state index in [9.17, 15) is 15.3 Å². The second-order valence-electron chi connectivity index (χ2n) is 7.01. The summed E-state index contributed by atoms with van der Waals surface area (Å²) in [5.41, 5.74) is 7.77. The van der Waals surface area contributed by atoms with Gasteiger partial charge in [0.1, 0.15) is 30.4 Å². The van der Waals surface area contributed by atoms with E-state index in [1.165, 1.54) is 22.0 Å². The van der Waals surface area contributed by atoms with Crippen LogP contribution in [0.5, 0.6) is 5.75 Å². The fraction of sp³-hybridized carbons (Fsp3) is 0.389. The maximum Gasteiger partial charge on any atom is 0.289 e. The number of halogens is 1. The number of ether oxygens (including phenoxy) is 2. The van der Waals surface area contributed by atoms with Crippen molar-refractivity contribution in [1.82, 2.24) is 14.5 Å². The summed E-state index contributed by atoms with van der Waals surface area (Å²) in [5, 5.41) is 29.5. The van der Waals surface area contributed by atoms with E-state index in [-0.39, 0.29) is 12.4 Å². The lowest BCUT2D eigenvalue weighted by atomic mass is 10.1. The van der Waals surface area contributed by atoms with Crippen LogP contribution in [0.2, 0.25) is 0 Å². The minimum atomic E-state index is -4.94. The molecule has 3 aromatic rings. The maximum absolute atomic E-state index is 10.2. The number of imidazole rings is 1. The van der Waals surface area contributed by atoms with Gasteiger partial charge in [0, 0.05) is 0 Å². The molecule has 1 aliphatic heterocycles.